The Bertz CT molecular complexity index is 232. The monoisotopic (exact) mass is 210 g/mol. The van der Waals surface area contributed by atoms with E-state index in [4.69, 9.17) is 0 Å². The van der Waals surface area contributed by atoms with Crippen LogP contribution in [0.3, 0.4) is 0 Å². The molecule has 0 aliphatic heterocycles. The molecule has 0 aliphatic rings. The van der Waals surface area contributed by atoms with Gasteiger partial charge in [-0.05, 0) is 24.0 Å². The Morgan fingerprint density at radius 2 is 1.67 bits per heavy atom. The maximum absolute atomic E-state index is 4.10. The summed E-state index contributed by atoms with van der Waals surface area (Å²) < 4.78 is 0. The second-order valence-electron chi connectivity index (χ2n) is 2.95. The lowest BCUT2D eigenvalue weighted by Gasteiger charge is -2.07. The Morgan fingerprint density at radius 3 is 2.00 bits per heavy atom. The Hall–Kier alpha value is -0.920. The van der Waals surface area contributed by atoms with Crippen molar-refractivity contribution in [1.29, 1.82) is 0 Å². The minimum Gasteiger partial charge on any atom is -0.159 e. The van der Waals surface area contributed by atoms with E-state index in [2.05, 4.69) is 31.0 Å². The topological polar surface area (TPSA) is 25.8 Å². The van der Waals surface area contributed by atoms with Crippen LogP contribution in [0.1, 0.15) is 65.6 Å². The van der Waals surface area contributed by atoms with Crippen molar-refractivity contribution in [2.45, 2.75) is 60.8 Å². The van der Waals surface area contributed by atoms with Crippen LogP contribution in [-0.4, -0.2) is 10.2 Å². The molecular weight excluding hydrogens is 184 g/mol. The van der Waals surface area contributed by atoms with Gasteiger partial charge >= 0.3 is 0 Å². The molecule has 0 fully saturated rings. The molecule has 0 aliphatic carbocycles. The zero-order valence-corrected chi connectivity index (χ0v) is 11.3. The third-order valence-electron chi connectivity index (χ3n) is 1.76. The molecule has 1 aromatic rings. The molecule has 0 bridgehead atoms. The highest BCUT2D eigenvalue weighted by molar-refractivity contribution is 5.19. The maximum atomic E-state index is 4.10. The SMILES string of the molecule is CC.CC.CCc1ccnnc1C(C)C. The Morgan fingerprint density at radius 1 is 1.13 bits per heavy atom. The van der Waals surface area contributed by atoms with Gasteiger partial charge in [0.15, 0.2) is 0 Å². The van der Waals surface area contributed by atoms with Crippen molar-refractivity contribution in [3.8, 4) is 0 Å². The highest BCUT2D eigenvalue weighted by Crippen LogP contribution is 2.15. The summed E-state index contributed by atoms with van der Waals surface area (Å²) in [6.07, 6.45) is 2.80. The number of aromatic nitrogens is 2. The van der Waals surface area contributed by atoms with Crippen molar-refractivity contribution < 1.29 is 0 Å². The smallest absolute Gasteiger partial charge is 0.0688 e. The van der Waals surface area contributed by atoms with E-state index in [1.807, 2.05) is 33.8 Å². The van der Waals surface area contributed by atoms with Crippen LogP contribution in [0.25, 0.3) is 0 Å². The van der Waals surface area contributed by atoms with E-state index in [1.165, 1.54) is 5.56 Å². The fraction of sp³-hybridized carbons (Fsp3) is 0.692. The van der Waals surface area contributed by atoms with Gasteiger partial charge in [0.05, 0.1) is 5.69 Å². The van der Waals surface area contributed by atoms with Crippen LogP contribution >= 0.6 is 0 Å². The highest BCUT2D eigenvalue weighted by atomic mass is 15.1. The van der Waals surface area contributed by atoms with E-state index in [1.54, 1.807) is 6.20 Å². The van der Waals surface area contributed by atoms with E-state index >= 15 is 0 Å². The second-order valence-corrected chi connectivity index (χ2v) is 2.95. The molecule has 2 heteroatoms. The summed E-state index contributed by atoms with van der Waals surface area (Å²) in [5.74, 6) is 0.485. The standard InChI is InChI=1S/C9H14N2.2C2H6/c1-4-8-5-6-10-11-9(8)7(2)3;2*1-2/h5-7H,4H2,1-3H3;2*1-2H3. The molecule has 0 spiro atoms. The third kappa shape index (κ3) is 6.21. The molecule has 0 amide bonds. The molecule has 0 unspecified atom stereocenters. The zero-order valence-electron chi connectivity index (χ0n) is 11.3. The summed E-state index contributed by atoms with van der Waals surface area (Å²) in [7, 11) is 0. The van der Waals surface area contributed by atoms with Gasteiger partial charge in [0, 0.05) is 6.20 Å². The van der Waals surface area contributed by atoms with Crippen molar-refractivity contribution in [1.82, 2.24) is 10.2 Å². The quantitative estimate of drug-likeness (QED) is 0.730. The van der Waals surface area contributed by atoms with Crippen LogP contribution in [0, 0.1) is 0 Å². The summed E-state index contributed by atoms with van der Waals surface area (Å²) in [4.78, 5) is 0. The van der Waals surface area contributed by atoms with Crippen LogP contribution in [0.4, 0.5) is 0 Å². The molecular formula is C13H26N2. The minimum absolute atomic E-state index is 0.485. The van der Waals surface area contributed by atoms with Gasteiger partial charge in [-0.15, -0.1) is 0 Å². The molecule has 0 saturated heterocycles. The molecule has 1 aromatic heterocycles. The number of hydrogen-bond acceptors (Lipinski definition) is 2. The lowest BCUT2D eigenvalue weighted by molar-refractivity contribution is 0.763. The lowest BCUT2D eigenvalue weighted by Crippen LogP contribution is -2.00. The summed E-state index contributed by atoms with van der Waals surface area (Å²) in [6.45, 7) is 14.4. The molecule has 0 N–H and O–H groups in total. The second kappa shape index (κ2) is 11.2. The summed E-state index contributed by atoms with van der Waals surface area (Å²) in [5, 5.41) is 7.96. The van der Waals surface area contributed by atoms with Gasteiger partial charge < -0.3 is 0 Å². The molecule has 1 heterocycles. The minimum atomic E-state index is 0.485. The van der Waals surface area contributed by atoms with Gasteiger partial charge in [-0.2, -0.15) is 10.2 Å². The highest BCUT2D eigenvalue weighted by Gasteiger charge is 2.05. The molecule has 0 aromatic carbocycles. The van der Waals surface area contributed by atoms with E-state index in [-0.39, 0.29) is 0 Å². The summed E-state index contributed by atoms with van der Waals surface area (Å²) in [5.41, 5.74) is 2.45. The van der Waals surface area contributed by atoms with Crippen molar-refractivity contribution in [3.05, 3.63) is 23.5 Å². The average Bonchev–Trinajstić information content (AvgIpc) is 2.34. The lowest BCUT2D eigenvalue weighted by atomic mass is 10.0. The normalized spacial score (nSPS) is 8.53. The Kier molecular flexibility index (Phi) is 12.3. The van der Waals surface area contributed by atoms with Gasteiger partial charge in [-0.1, -0.05) is 48.5 Å². The number of rotatable bonds is 2. The third-order valence-corrected chi connectivity index (χ3v) is 1.76. The number of aryl methyl sites for hydroxylation is 1. The average molecular weight is 210 g/mol. The fourth-order valence-corrected chi connectivity index (χ4v) is 1.15. The molecule has 0 atom stereocenters. The van der Waals surface area contributed by atoms with E-state index in [0.29, 0.717) is 5.92 Å². The van der Waals surface area contributed by atoms with Gasteiger partial charge in [0.25, 0.3) is 0 Å². The van der Waals surface area contributed by atoms with Crippen molar-refractivity contribution in [2.75, 3.05) is 0 Å². The first kappa shape index (κ1) is 16.5. The van der Waals surface area contributed by atoms with Gasteiger partial charge in [0.2, 0.25) is 0 Å². The molecule has 2 nitrogen and oxygen atoms in total. The Balaban J connectivity index is 0. The maximum Gasteiger partial charge on any atom is 0.0688 e. The van der Waals surface area contributed by atoms with Crippen LogP contribution in [0.15, 0.2) is 12.3 Å². The first-order valence-corrected chi connectivity index (χ1v) is 6.06. The molecule has 88 valence electrons. The molecule has 15 heavy (non-hydrogen) atoms. The predicted molar refractivity (Wildman–Crippen MR) is 68.2 cm³/mol. The first-order valence-electron chi connectivity index (χ1n) is 6.06. The van der Waals surface area contributed by atoms with Crippen LogP contribution in [0.2, 0.25) is 0 Å². The number of hydrogen-bond donors (Lipinski definition) is 0. The molecule has 1 rings (SSSR count). The van der Waals surface area contributed by atoms with Crippen LogP contribution in [-0.2, 0) is 6.42 Å². The largest absolute Gasteiger partial charge is 0.159 e. The Labute approximate surface area is 95.1 Å². The van der Waals surface area contributed by atoms with Gasteiger partial charge in [0.1, 0.15) is 0 Å². The fourth-order valence-electron chi connectivity index (χ4n) is 1.15. The summed E-state index contributed by atoms with van der Waals surface area (Å²) >= 11 is 0. The zero-order chi connectivity index (χ0) is 12.3. The van der Waals surface area contributed by atoms with Gasteiger partial charge in [-0.3, -0.25) is 0 Å². The van der Waals surface area contributed by atoms with Crippen LogP contribution < -0.4 is 0 Å². The first-order chi connectivity index (χ1) is 7.25. The predicted octanol–water partition coefficient (Wildman–Crippen LogP) is 4.21. The van der Waals surface area contributed by atoms with E-state index in [0.717, 1.165) is 12.1 Å². The van der Waals surface area contributed by atoms with Crippen LogP contribution in [0.5, 0.6) is 0 Å². The van der Waals surface area contributed by atoms with E-state index < -0.39 is 0 Å². The van der Waals surface area contributed by atoms with Crippen molar-refractivity contribution in [2.24, 2.45) is 0 Å². The molecule has 0 saturated carbocycles. The van der Waals surface area contributed by atoms with Crippen molar-refractivity contribution in [3.63, 3.8) is 0 Å². The van der Waals surface area contributed by atoms with Gasteiger partial charge in [-0.25, -0.2) is 0 Å². The molecule has 0 radical (unpaired) electrons. The van der Waals surface area contributed by atoms with E-state index in [9.17, 15) is 0 Å². The number of nitrogens with zero attached hydrogens (tertiary/aromatic N) is 2. The van der Waals surface area contributed by atoms with Crippen molar-refractivity contribution >= 4 is 0 Å². The summed E-state index contributed by atoms with van der Waals surface area (Å²) in [6, 6.07) is 2.04.